The molecule has 3 heteroatoms. The van der Waals surface area contributed by atoms with Crippen molar-refractivity contribution in [3.8, 4) is 0 Å². The molecule has 0 amide bonds. The summed E-state index contributed by atoms with van der Waals surface area (Å²) in [5.41, 5.74) is -0.343. The molecule has 0 unspecified atom stereocenters. The van der Waals surface area contributed by atoms with E-state index in [9.17, 15) is 4.79 Å². The molecular formula is C11H13BrO2. The fourth-order valence-corrected chi connectivity index (χ4v) is 2.49. The van der Waals surface area contributed by atoms with Gasteiger partial charge in [0.25, 0.3) is 0 Å². The van der Waals surface area contributed by atoms with Crippen molar-refractivity contribution in [2.45, 2.75) is 37.5 Å². The normalized spacial score (nSPS) is 20.6. The molecule has 0 saturated heterocycles. The lowest BCUT2D eigenvalue weighted by atomic mass is 9.73. The van der Waals surface area contributed by atoms with Crippen molar-refractivity contribution in [1.82, 2.24) is 0 Å². The molecule has 76 valence electrons. The highest BCUT2D eigenvalue weighted by atomic mass is 79.9. The van der Waals surface area contributed by atoms with Crippen molar-refractivity contribution in [2.24, 2.45) is 0 Å². The first-order valence-corrected chi connectivity index (χ1v) is 5.78. The van der Waals surface area contributed by atoms with Gasteiger partial charge in [0.2, 0.25) is 0 Å². The minimum atomic E-state index is -0.343. The third-order valence-electron chi connectivity index (χ3n) is 3.04. The van der Waals surface area contributed by atoms with E-state index in [2.05, 4.69) is 15.9 Å². The van der Waals surface area contributed by atoms with Crippen LogP contribution in [0.25, 0.3) is 0 Å². The minimum Gasteiger partial charge on any atom is -0.453 e. The van der Waals surface area contributed by atoms with Crippen LogP contribution in [0, 0.1) is 0 Å². The third-order valence-corrected chi connectivity index (χ3v) is 3.46. The molecule has 1 aliphatic rings. The number of carbonyl (C=O) groups excluding carboxylic acids is 1. The molecule has 1 aliphatic carbocycles. The third kappa shape index (κ3) is 1.65. The van der Waals surface area contributed by atoms with E-state index in [0.29, 0.717) is 4.67 Å². The number of aldehydes is 1. The molecule has 1 heterocycles. The number of halogens is 1. The Hall–Kier alpha value is -0.570. The Balaban J connectivity index is 2.31. The Morgan fingerprint density at radius 3 is 2.50 bits per heavy atom. The van der Waals surface area contributed by atoms with Crippen molar-refractivity contribution in [1.29, 1.82) is 0 Å². The molecule has 0 bridgehead atoms. The van der Waals surface area contributed by atoms with Gasteiger partial charge < -0.3 is 9.21 Å². The van der Waals surface area contributed by atoms with Gasteiger partial charge in [-0.25, -0.2) is 0 Å². The maximum Gasteiger partial charge on any atom is 0.169 e. The van der Waals surface area contributed by atoms with Crippen molar-refractivity contribution in [3.63, 3.8) is 0 Å². The highest BCUT2D eigenvalue weighted by Gasteiger charge is 2.36. The van der Waals surface area contributed by atoms with Gasteiger partial charge in [-0.3, -0.25) is 0 Å². The van der Waals surface area contributed by atoms with Gasteiger partial charge in [-0.05, 0) is 40.9 Å². The predicted octanol–water partition coefficient (Wildman–Crippen LogP) is 3.44. The zero-order valence-corrected chi connectivity index (χ0v) is 9.55. The summed E-state index contributed by atoms with van der Waals surface area (Å²) in [7, 11) is 0. The summed E-state index contributed by atoms with van der Waals surface area (Å²) in [6, 6.07) is 3.76. The van der Waals surface area contributed by atoms with Gasteiger partial charge in [0, 0.05) is 0 Å². The Bertz CT molecular complexity index is 324. The second-order valence-corrected chi connectivity index (χ2v) is 4.72. The number of rotatable bonds is 2. The van der Waals surface area contributed by atoms with E-state index >= 15 is 0 Å². The number of hydrogen-bond donors (Lipinski definition) is 0. The Kier molecular flexibility index (Phi) is 2.77. The first kappa shape index (κ1) is 9.97. The van der Waals surface area contributed by atoms with Gasteiger partial charge >= 0.3 is 0 Å². The molecule has 1 fully saturated rings. The van der Waals surface area contributed by atoms with E-state index in [0.717, 1.165) is 37.7 Å². The van der Waals surface area contributed by atoms with Gasteiger partial charge in [-0.15, -0.1) is 0 Å². The summed E-state index contributed by atoms with van der Waals surface area (Å²) in [4.78, 5) is 11.2. The van der Waals surface area contributed by atoms with Gasteiger partial charge in [0.05, 0.1) is 5.41 Å². The van der Waals surface area contributed by atoms with Crippen LogP contribution in [0.5, 0.6) is 0 Å². The van der Waals surface area contributed by atoms with Crippen molar-refractivity contribution < 1.29 is 9.21 Å². The maximum absolute atomic E-state index is 11.2. The average Bonchev–Trinajstić information content (AvgIpc) is 2.66. The summed E-state index contributed by atoms with van der Waals surface area (Å²) in [6.45, 7) is 0. The van der Waals surface area contributed by atoms with E-state index in [1.54, 1.807) is 0 Å². The second kappa shape index (κ2) is 3.89. The van der Waals surface area contributed by atoms with Crippen LogP contribution in [0.1, 0.15) is 37.9 Å². The van der Waals surface area contributed by atoms with Gasteiger partial charge in [0.1, 0.15) is 12.0 Å². The van der Waals surface area contributed by atoms with Crippen LogP contribution in [-0.2, 0) is 10.2 Å². The molecule has 0 N–H and O–H groups in total. The van der Waals surface area contributed by atoms with E-state index in [-0.39, 0.29) is 5.41 Å². The summed E-state index contributed by atoms with van der Waals surface area (Å²) in [6.07, 6.45) is 6.40. The van der Waals surface area contributed by atoms with Crippen LogP contribution in [-0.4, -0.2) is 6.29 Å². The largest absolute Gasteiger partial charge is 0.453 e. The van der Waals surface area contributed by atoms with Crippen LogP contribution < -0.4 is 0 Å². The standard InChI is InChI=1S/C11H13BrO2/c12-10-5-4-9(14-10)11(8-13)6-2-1-3-7-11/h4-5,8H,1-3,6-7H2. The number of furan rings is 1. The fraction of sp³-hybridized carbons (Fsp3) is 0.545. The lowest BCUT2D eigenvalue weighted by Gasteiger charge is -2.29. The molecule has 0 aromatic carbocycles. The Morgan fingerprint density at radius 2 is 2.00 bits per heavy atom. The maximum atomic E-state index is 11.2. The molecule has 2 rings (SSSR count). The molecule has 0 spiro atoms. The lowest BCUT2D eigenvalue weighted by molar-refractivity contribution is -0.114. The Labute approximate surface area is 91.8 Å². The van der Waals surface area contributed by atoms with Crippen molar-refractivity contribution >= 4 is 22.2 Å². The van der Waals surface area contributed by atoms with Crippen LogP contribution >= 0.6 is 15.9 Å². The number of hydrogen-bond acceptors (Lipinski definition) is 2. The SMILES string of the molecule is O=CC1(c2ccc(Br)o2)CCCCC1. The van der Waals surface area contributed by atoms with Gasteiger partial charge in [0.15, 0.2) is 4.67 Å². The topological polar surface area (TPSA) is 30.2 Å². The first-order valence-electron chi connectivity index (χ1n) is 4.99. The molecule has 2 nitrogen and oxygen atoms in total. The summed E-state index contributed by atoms with van der Waals surface area (Å²) in [5, 5.41) is 0. The zero-order valence-electron chi connectivity index (χ0n) is 7.96. The van der Waals surface area contributed by atoms with Gasteiger partial charge in [-0.2, -0.15) is 0 Å². The molecule has 1 aromatic heterocycles. The molecule has 0 aliphatic heterocycles. The van der Waals surface area contributed by atoms with Crippen molar-refractivity contribution in [3.05, 3.63) is 22.6 Å². The molecular weight excluding hydrogens is 244 g/mol. The van der Waals surface area contributed by atoms with Crippen LogP contribution in [0.2, 0.25) is 0 Å². The Morgan fingerprint density at radius 1 is 1.29 bits per heavy atom. The molecule has 1 aromatic rings. The van der Waals surface area contributed by atoms with E-state index < -0.39 is 0 Å². The zero-order chi connectivity index (χ0) is 10.0. The highest BCUT2D eigenvalue weighted by Crippen LogP contribution is 2.39. The quantitative estimate of drug-likeness (QED) is 0.759. The first-order chi connectivity index (χ1) is 6.77. The second-order valence-electron chi connectivity index (χ2n) is 3.94. The van der Waals surface area contributed by atoms with E-state index in [1.807, 2.05) is 12.1 Å². The molecule has 0 atom stereocenters. The predicted molar refractivity (Wildman–Crippen MR) is 57.2 cm³/mol. The van der Waals surface area contributed by atoms with Crippen molar-refractivity contribution in [2.75, 3.05) is 0 Å². The smallest absolute Gasteiger partial charge is 0.169 e. The summed E-state index contributed by atoms with van der Waals surface area (Å²) >= 11 is 3.27. The van der Waals surface area contributed by atoms with E-state index in [4.69, 9.17) is 4.42 Å². The molecule has 0 radical (unpaired) electrons. The van der Waals surface area contributed by atoms with Gasteiger partial charge in [-0.1, -0.05) is 19.3 Å². The monoisotopic (exact) mass is 256 g/mol. The fourth-order valence-electron chi connectivity index (χ4n) is 2.19. The minimum absolute atomic E-state index is 0.343. The summed E-state index contributed by atoms with van der Waals surface area (Å²) in [5.74, 6) is 0.819. The average molecular weight is 257 g/mol. The van der Waals surface area contributed by atoms with E-state index in [1.165, 1.54) is 6.42 Å². The molecule has 14 heavy (non-hydrogen) atoms. The van der Waals surface area contributed by atoms with Crippen LogP contribution in [0.4, 0.5) is 0 Å². The lowest BCUT2D eigenvalue weighted by Crippen LogP contribution is -2.30. The highest BCUT2D eigenvalue weighted by molar-refractivity contribution is 9.10. The number of carbonyl (C=O) groups is 1. The molecule has 1 saturated carbocycles. The summed E-state index contributed by atoms with van der Waals surface area (Å²) < 4.78 is 6.21. The van der Waals surface area contributed by atoms with Crippen LogP contribution in [0.3, 0.4) is 0 Å². The van der Waals surface area contributed by atoms with Crippen LogP contribution in [0.15, 0.2) is 21.2 Å².